The fourth-order valence-electron chi connectivity index (χ4n) is 2.35. The fourth-order valence-corrected chi connectivity index (χ4v) is 2.35. The molecule has 1 N–H and O–H groups in total. The molecule has 1 aliphatic heterocycles. The third-order valence-electron chi connectivity index (χ3n) is 3.70. The lowest BCUT2D eigenvalue weighted by Gasteiger charge is -2.28. The summed E-state index contributed by atoms with van der Waals surface area (Å²) in [7, 11) is 0. The summed E-state index contributed by atoms with van der Waals surface area (Å²) in [6.45, 7) is 7.17. The first-order valence-electron chi connectivity index (χ1n) is 6.13. The monoisotopic (exact) mass is 239 g/mol. The van der Waals surface area contributed by atoms with Gasteiger partial charge < -0.3 is 10.0 Å². The van der Waals surface area contributed by atoms with E-state index in [1.807, 2.05) is 11.8 Å². The molecule has 1 heterocycles. The van der Waals surface area contributed by atoms with Gasteiger partial charge in [-0.15, -0.1) is 0 Å². The molecule has 0 aliphatic carbocycles. The molecule has 1 saturated heterocycles. The first-order chi connectivity index (χ1) is 7.90. The van der Waals surface area contributed by atoms with Crippen molar-refractivity contribution in [2.24, 2.45) is 0 Å². The topological polar surface area (TPSA) is 57.6 Å². The van der Waals surface area contributed by atoms with E-state index in [4.69, 9.17) is 5.11 Å². The summed E-state index contributed by atoms with van der Waals surface area (Å²) >= 11 is 0. The molecule has 1 amide bonds. The van der Waals surface area contributed by atoms with E-state index in [1.54, 1.807) is 6.92 Å². The highest BCUT2D eigenvalue weighted by molar-refractivity contribution is 6.01. The number of nitrogens with zero attached hydrogens (tertiary/aromatic N) is 1. The molecule has 96 valence electrons. The Labute approximate surface area is 102 Å². The number of carbonyl (C=O) groups is 2. The van der Waals surface area contributed by atoms with E-state index in [2.05, 4.69) is 6.92 Å². The van der Waals surface area contributed by atoms with Crippen LogP contribution in [0.5, 0.6) is 0 Å². The number of carbonyl (C=O) groups excluding carboxylic acids is 1. The predicted molar refractivity (Wildman–Crippen MR) is 65.6 cm³/mol. The minimum Gasteiger partial charge on any atom is -0.478 e. The maximum atomic E-state index is 12.3. The minimum atomic E-state index is -1.02. The average Bonchev–Trinajstić information content (AvgIpc) is 2.67. The van der Waals surface area contributed by atoms with Crippen LogP contribution in [-0.2, 0) is 9.59 Å². The van der Waals surface area contributed by atoms with Gasteiger partial charge in [-0.3, -0.25) is 4.79 Å². The number of hydrogen-bond acceptors (Lipinski definition) is 2. The number of rotatable bonds is 3. The van der Waals surface area contributed by atoms with Crippen LogP contribution in [0.3, 0.4) is 0 Å². The summed E-state index contributed by atoms with van der Waals surface area (Å²) in [5.41, 5.74) is 0.494. The van der Waals surface area contributed by atoms with Crippen molar-refractivity contribution in [2.75, 3.05) is 0 Å². The normalized spacial score (nSPS) is 25.8. The molecule has 0 aromatic heterocycles. The van der Waals surface area contributed by atoms with Gasteiger partial charge in [0.05, 0.1) is 0 Å². The van der Waals surface area contributed by atoms with Crippen LogP contribution in [0.4, 0.5) is 0 Å². The lowest BCUT2D eigenvalue weighted by Crippen LogP contribution is -2.40. The van der Waals surface area contributed by atoms with Crippen molar-refractivity contribution in [3.8, 4) is 0 Å². The van der Waals surface area contributed by atoms with Gasteiger partial charge in [-0.1, -0.05) is 6.92 Å². The maximum Gasteiger partial charge on any atom is 0.331 e. The SMILES string of the molecule is CCC1CCC(C)N1C(=O)C(C)=C(C)C(=O)O. The zero-order valence-corrected chi connectivity index (χ0v) is 11.0. The predicted octanol–water partition coefficient (Wildman–Crippen LogP) is 2.20. The Hall–Kier alpha value is -1.32. The highest BCUT2D eigenvalue weighted by Gasteiger charge is 2.34. The Morgan fingerprint density at radius 2 is 1.82 bits per heavy atom. The van der Waals surface area contributed by atoms with Crippen molar-refractivity contribution >= 4 is 11.9 Å². The van der Waals surface area contributed by atoms with Crippen molar-refractivity contribution in [3.05, 3.63) is 11.1 Å². The molecule has 1 fully saturated rings. The third kappa shape index (κ3) is 2.68. The van der Waals surface area contributed by atoms with Gasteiger partial charge in [0.1, 0.15) is 0 Å². The molecule has 0 radical (unpaired) electrons. The first kappa shape index (κ1) is 13.7. The summed E-state index contributed by atoms with van der Waals surface area (Å²) < 4.78 is 0. The summed E-state index contributed by atoms with van der Waals surface area (Å²) in [4.78, 5) is 25.0. The highest BCUT2D eigenvalue weighted by Crippen LogP contribution is 2.28. The molecule has 0 aromatic rings. The van der Waals surface area contributed by atoms with Crippen molar-refractivity contribution in [2.45, 2.75) is 59.0 Å². The van der Waals surface area contributed by atoms with Gasteiger partial charge in [0.15, 0.2) is 0 Å². The molecule has 0 saturated carbocycles. The van der Waals surface area contributed by atoms with Gasteiger partial charge in [-0.2, -0.15) is 0 Å². The lowest BCUT2D eigenvalue weighted by atomic mass is 10.1. The standard InChI is InChI=1S/C13H21NO3/c1-5-11-7-6-8(2)14(11)12(15)9(3)10(4)13(16)17/h8,11H,5-7H2,1-4H3,(H,16,17). The molecule has 0 aromatic carbocycles. The molecule has 4 heteroatoms. The number of aliphatic carboxylic acids is 1. The summed E-state index contributed by atoms with van der Waals surface area (Å²) in [6.07, 6.45) is 2.95. The van der Waals surface area contributed by atoms with E-state index in [0.717, 1.165) is 19.3 Å². The second-order valence-electron chi connectivity index (χ2n) is 4.76. The molecular formula is C13H21NO3. The Balaban J connectivity index is 2.96. The van der Waals surface area contributed by atoms with Gasteiger partial charge in [0.2, 0.25) is 0 Å². The largest absolute Gasteiger partial charge is 0.478 e. The van der Waals surface area contributed by atoms with Crippen molar-refractivity contribution < 1.29 is 14.7 Å². The number of carboxylic acids is 1. The molecule has 1 aliphatic rings. The Kier molecular flexibility index (Phi) is 4.32. The summed E-state index contributed by atoms with van der Waals surface area (Å²) in [5, 5.41) is 8.90. The van der Waals surface area contributed by atoms with Crippen LogP contribution in [0.15, 0.2) is 11.1 Å². The number of carboxylic acid groups (broad SMARTS) is 1. The quantitative estimate of drug-likeness (QED) is 0.768. The molecule has 2 atom stereocenters. The number of amides is 1. The van der Waals surface area contributed by atoms with Crippen molar-refractivity contribution in [1.29, 1.82) is 0 Å². The van der Waals surface area contributed by atoms with E-state index < -0.39 is 5.97 Å². The van der Waals surface area contributed by atoms with Crippen LogP contribution in [0.25, 0.3) is 0 Å². The third-order valence-corrected chi connectivity index (χ3v) is 3.70. The Bertz CT molecular complexity index is 360. The van der Waals surface area contributed by atoms with Crippen LogP contribution in [0.1, 0.15) is 47.0 Å². The summed E-state index contributed by atoms with van der Waals surface area (Å²) in [5.74, 6) is -1.14. The van der Waals surface area contributed by atoms with Gasteiger partial charge >= 0.3 is 5.97 Å². The zero-order chi connectivity index (χ0) is 13.2. The molecule has 2 unspecified atom stereocenters. The number of likely N-dealkylation sites (tertiary alicyclic amines) is 1. The van der Waals surface area contributed by atoms with Crippen LogP contribution in [0.2, 0.25) is 0 Å². The van der Waals surface area contributed by atoms with E-state index in [1.165, 1.54) is 6.92 Å². The van der Waals surface area contributed by atoms with Gasteiger partial charge in [0.25, 0.3) is 5.91 Å². The van der Waals surface area contributed by atoms with E-state index in [9.17, 15) is 9.59 Å². The fraction of sp³-hybridized carbons (Fsp3) is 0.692. The summed E-state index contributed by atoms with van der Waals surface area (Å²) in [6, 6.07) is 0.470. The molecule has 4 nitrogen and oxygen atoms in total. The molecule has 1 rings (SSSR count). The van der Waals surface area contributed by atoms with Crippen molar-refractivity contribution in [3.63, 3.8) is 0 Å². The van der Waals surface area contributed by atoms with Crippen LogP contribution < -0.4 is 0 Å². The van der Waals surface area contributed by atoms with Crippen LogP contribution in [0, 0.1) is 0 Å². The molecule has 17 heavy (non-hydrogen) atoms. The van der Waals surface area contributed by atoms with E-state index in [0.29, 0.717) is 5.57 Å². The van der Waals surface area contributed by atoms with Gasteiger partial charge in [-0.05, 0) is 40.0 Å². The smallest absolute Gasteiger partial charge is 0.331 e. The lowest BCUT2D eigenvalue weighted by molar-refractivity contribution is -0.134. The Morgan fingerprint density at radius 1 is 1.24 bits per heavy atom. The van der Waals surface area contributed by atoms with Gasteiger partial charge in [-0.25, -0.2) is 4.79 Å². The zero-order valence-electron chi connectivity index (χ0n) is 11.0. The van der Waals surface area contributed by atoms with Gasteiger partial charge in [0, 0.05) is 23.2 Å². The second kappa shape index (κ2) is 5.34. The van der Waals surface area contributed by atoms with Crippen molar-refractivity contribution in [1.82, 2.24) is 4.90 Å². The van der Waals surface area contributed by atoms with E-state index >= 15 is 0 Å². The maximum absolute atomic E-state index is 12.3. The van der Waals surface area contributed by atoms with Crippen LogP contribution in [-0.4, -0.2) is 34.0 Å². The molecular weight excluding hydrogens is 218 g/mol. The second-order valence-corrected chi connectivity index (χ2v) is 4.76. The average molecular weight is 239 g/mol. The Morgan fingerprint density at radius 3 is 2.29 bits per heavy atom. The molecule has 0 spiro atoms. The number of hydrogen-bond donors (Lipinski definition) is 1. The van der Waals surface area contributed by atoms with E-state index in [-0.39, 0.29) is 23.6 Å². The minimum absolute atomic E-state index is 0.123. The van der Waals surface area contributed by atoms with Crippen LogP contribution >= 0.6 is 0 Å². The first-order valence-corrected chi connectivity index (χ1v) is 6.13. The molecule has 0 bridgehead atoms. The highest BCUT2D eigenvalue weighted by atomic mass is 16.4.